The molecule has 2 spiro atoms. The molecule has 0 aromatic carbocycles. The number of aliphatic hydroxyl groups excluding tert-OH is 7. The van der Waals surface area contributed by atoms with Crippen molar-refractivity contribution in [3.05, 3.63) is 0 Å². The Morgan fingerprint density at radius 3 is 2.11 bits per heavy atom. The van der Waals surface area contributed by atoms with Gasteiger partial charge in [0.1, 0.15) is 42.7 Å². The molecule has 0 aromatic rings. The Hall–Kier alpha value is -0.560. The zero-order chi connectivity index (χ0) is 40.8. The summed E-state index contributed by atoms with van der Waals surface area (Å²) in [6.45, 7) is 14.1. The third kappa shape index (κ3) is 5.78. The molecule has 0 radical (unpaired) electrons. The molecule has 8 fully saturated rings. The first-order chi connectivity index (χ1) is 26.0. The van der Waals surface area contributed by atoms with Crippen molar-refractivity contribution >= 4 is 0 Å². The third-order valence-corrected chi connectivity index (χ3v) is 17.9. The Labute approximate surface area is 331 Å². The minimum atomic E-state index is -1.59. The molecule has 5 saturated carbocycles. The van der Waals surface area contributed by atoms with Crippen LogP contribution in [0.4, 0.5) is 0 Å². The number of fused-ring (bicyclic) bond motifs is 2. The maximum Gasteiger partial charge on any atom is 0.186 e. The molecule has 0 amide bonds. The topological polar surface area (TPSA) is 217 Å². The number of aliphatic hydroxyl groups is 8. The lowest BCUT2D eigenvalue weighted by molar-refractivity contribution is -0.339. The maximum atomic E-state index is 12.2. The molecular weight excluding hydrogens is 728 g/mol. The van der Waals surface area contributed by atoms with Crippen molar-refractivity contribution in [2.24, 2.45) is 44.8 Å². The number of hydrogen-bond donors (Lipinski definition) is 8. The average Bonchev–Trinajstić information content (AvgIpc) is 3.49. The summed E-state index contributed by atoms with van der Waals surface area (Å²) in [5, 5.41) is 87.1. The summed E-state index contributed by atoms with van der Waals surface area (Å²) in [7, 11) is 1.46. The predicted molar refractivity (Wildman–Crippen MR) is 199 cm³/mol. The first kappa shape index (κ1) is 42.1. The highest BCUT2D eigenvalue weighted by Crippen LogP contribution is 2.89. The van der Waals surface area contributed by atoms with Crippen molar-refractivity contribution < 1.29 is 69.3 Å². The van der Waals surface area contributed by atoms with Crippen molar-refractivity contribution in [2.45, 2.75) is 197 Å². The fourth-order valence-electron chi connectivity index (χ4n) is 15.1. The van der Waals surface area contributed by atoms with Gasteiger partial charge in [0, 0.05) is 13.0 Å². The Morgan fingerprint density at radius 2 is 1.46 bits per heavy atom. The van der Waals surface area contributed by atoms with Gasteiger partial charge in [0.15, 0.2) is 12.6 Å². The zero-order valence-electron chi connectivity index (χ0n) is 34.5. The molecule has 3 aliphatic heterocycles. The van der Waals surface area contributed by atoms with Gasteiger partial charge in [-0.1, -0.05) is 27.7 Å². The van der Waals surface area contributed by atoms with Crippen LogP contribution in [0.25, 0.3) is 0 Å². The van der Waals surface area contributed by atoms with Crippen LogP contribution in [-0.2, 0) is 28.4 Å². The summed E-state index contributed by atoms with van der Waals surface area (Å²) in [5.41, 5.74) is -3.00. The second kappa shape index (κ2) is 13.7. The highest BCUT2D eigenvalue weighted by Gasteiger charge is 2.85. The lowest BCUT2D eigenvalue weighted by atomic mass is 9.41. The molecule has 14 nitrogen and oxygen atoms in total. The molecule has 5 aliphatic carbocycles. The molecule has 0 aromatic heterocycles. The minimum absolute atomic E-state index is 0.0399. The third-order valence-electron chi connectivity index (χ3n) is 17.9. The van der Waals surface area contributed by atoms with Gasteiger partial charge < -0.3 is 69.3 Å². The summed E-state index contributed by atoms with van der Waals surface area (Å²) >= 11 is 0. The van der Waals surface area contributed by atoms with E-state index < -0.39 is 90.7 Å². The van der Waals surface area contributed by atoms with Gasteiger partial charge >= 0.3 is 0 Å². The summed E-state index contributed by atoms with van der Waals surface area (Å²) in [5.74, 6) is -0.143. The van der Waals surface area contributed by atoms with E-state index >= 15 is 0 Å². The number of ether oxygens (including phenoxy) is 6. The Balaban J connectivity index is 1.15. The van der Waals surface area contributed by atoms with Crippen LogP contribution in [0.1, 0.15) is 106 Å². The SMILES string of the molecule is COC1C(OC2CCC34CC35CCC3(C)C(C6(C)CCC(C(C)(C)O)O6)C(O)CC3(C)C5CC(OC3OC(CO)C(O)C(O)C3O)C4C2(C)C)OCC(O)C1O. The van der Waals surface area contributed by atoms with Crippen molar-refractivity contribution in [3.8, 4) is 0 Å². The van der Waals surface area contributed by atoms with E-state index in [-0.39, 0.29) is 58.2 Å². The molecule has 8 aliphatic rings. The van der Waals surface area contributed by atoms with Crippen LogP contribution < -0.4 is 0 Å². The molecule has 3 heterocycles. The van der Waals surface area contributed by atoms with E-state index in [4.69, 9.17) is 28.4 Å². The molecule has 56 heavy (non-hydrogen) atoms. The van der Waals surface area contributed by atoms with E-state index in [1.54, 1.807) is 13.8 Å². The van der Waals surface area contributed by atoms with Crippen LogP contribution in [-0.4, -0.2) is 152 Å². The minimum Gasteiger partial charge on any atom is -0.394 e. The van der Waals surface area contributed by atoms with Crippen LogP contribution in [0.5, 0.6) is 0 Å². The van der Waals surface area contributed by atoms with Gasteiger partial charge in [0.2, 0.25) is 0 Å². The van der Waals surface area contributed by atoms with Gasteiger partial charge in [0.05, 0.1) is 48.8 Å². The molecule has 14 heteroatoms. The van der Waals surface area contributed by atoms with Crippen LogP contribution in [0.3, 0.4) is 0 Å². The fourth-order valence-corrected chi connectivity index (χ4v) is 15.1. The highest BCUT2D eigenvalue weighted by molar-refractivity contribution is 5.33. The summed E-state index contributed by atoms with van der Waals surface area (Å²) < 4.78 is 38.0. The first-order valence-electron chi connectivity index (χ1n) is 21.3. The van der Waals surface area contributed by atoms with Crippen LogP contribution in [0.15, 0.2) is 0 Å². The van der Waals surface area contributed by atoms with Gasteiger partial charge in [-0.2, -0.15) is 0 Å². The van der Waals surface area contributed by atoms with Gasteiger partial charge in [-0.3, -0.25) is 0 Å². The quantitative estimate of drug-likeness (QED) is 0.163. The Bertz CT molecular complexity index is 1470. The van der Waals surface area contributed by atoms with E-state index in [1.807, 2.05) is 0 Å². The first-order valence-corrected chi connectivity index (χ1v) is 21.3. The maximum absolute atomic E-state index is 12.2. The summed E-state index contributed by atoms with van der Waals surface area (Å²) in [6, 6.07) is 0. The second-order valence-corrected chi connectivity index (χ2v) is 21.3. The summed E-state index contributed by atoms with van der Waals surface area (Å²) in [6.07, 6.45) is -5.90. The normalized spacial score (nSPS) is 57.9. The van der Waals surface area contributed by atoms with Crippen molar-refractivity contribution in [1.82, 2.24) is 0 Å². The Morgan fingerprint density at radius 1 is 0.750 bits per heavy atom. The van der Waals surface area contributed by atoms with E-state index in [1.165, 1.54) is 7.11 Å². The molecule has 3 saturated heterocycles. The molecule has 8 rings (SSSR count). The summed E-state index contributed by atoms with van der Waals surface area (Å²) in [4.78, 5) is 0. The number of methoxy groups -OCH3 is 1. The lowest BCUT2D eigenvalue weighted by Gasteiger charge is -2.65. The van der Waals surface area contributed by atoms with E-state index in [2.05, 4.69) is 34.6 Å². The standard InChI is InChI=1S/C42H70O14/c1-36(2)25(55-35-31(51-8)27(46)21(45)18-52-35)10-12-42-19-41(42)14-13-38(5)32(40(7)11-9-26(56-40)37(3,4)50)20(44)16-39(38,6)24(41)15-22(33(36)42)53-34-30(49)29(48)28(47)23(17-43)54-34/h20-35,43-50H,9-19H2,1-8H3. The lowest BCUT2D eigenvalue weighted by Crippen LogP contribution is -2.65. The van der Waals surface area contributed by atoms with Crippen molar-refractivity contribution in [3.63, 3.8) is 0 Å². The Kier molecular flexibility index (Phi) is 10.3. The van der Waals surface area contributed by atoms with Crippen LogP contribution in [0, 0.1) is 44.8 Å². The number of hydrogen-bond acceptors (Lipinski definition) is 14. The largest absolute Gasteiger partial charge is 0.394 e. The van der Waals surface area contributed by atoms with Crippen molar-refractivity contribution in [1.29, 1.82) is 0 Å². The smallest absolute Gasteiger partial charge is 0.186 e. The predicted octanol–water partition coefficient (Wildman–Crippen LogP) is 1.38. The highest BCUT2D eigenvalue weighted by atomic mass is 16.7. The number of rotatable bonds is 8. The fraction of sp³-hybridized carbons (Fsp3) is 1.00. The van der Waals surface area contributed by atoms with Crippen molar-refractivity contribution in [2.75, 3.05) is 20.3 Å². The van der Waals surface area contributed by atoms with Gasteiger partial charge in [-0.05, 0) is 117 Å². The molecule has 8 N–H and O–H groups in total. The average molecular weight is 799 g/mol. The monoisotopic (exact) mass is 798 g/mol. The van der Waals surface area contributed by atoms with Crippen LogP contribution >= 0.6 is 0 Å². The molecule has 322 valence electrons. The molecule has 21 unspecified atom stereocenters. The van der Waals surface area contributed by atoms with E-state index in [0.717, 1.165) is 38.5 Å². The van der Waals surface area contributed by atoms with E-state index in [0.29, 0.717) is 19.3 Å². The van der Waals surface area contributed by atoms with Gasteiger partial charge in [-0.25, -0.2) is 0 Å². The van der Waals surface area contributed by atoms with E-state index in [9.17, 15) is 40.9 Å². The molecule has 0 bridgehead atoms. The van der Waals surface area contributed by atoms with Gasteiger partial charge in [0.25, 0.3) is 0 Å². The van der Waals surface area contributed by atoms with Crippen LogP contribution in [0.2, 0.25) is 0 Å². The molecule has 21 atom stereocenters. The second-order valence-electron chi connectivity index (χ2n) is 21.3. The van der Waals surface area contributed by atoms with Gasteiger partial charge in [-0.15, -0.1) is 0 Å². The zero-order valence-corrected chi connectivity index (χ0v) is 34.5. The molecular formula is C42H70O14.